The second-order valence-electron chi connectivity index (χ2n) is 3.92. The van der Waals surface area contributed by atoms with Crippen LogP contribution in [0.25, 0.3) is 11.1 Å². The van der Waals surface area contributed by atoms with Gasteiger partial charge in [0.25, 0.3) is 0 Å². The summed E-state index contributed by atoms with van der Waals surface area (Å²) in [5, 5.41) is 18.4. The standard InChI is InChI=1S/C14H10F2O3/c15-10-6-2-1-4-8(10)12-9(13(17)14(18)19)5-3-7-11(12)16/h1-7,13,17H,(H,18,19). The summed E-state index contributed by atoms with van der Waals surface area (Å²) >= 11 is 0. The lowest BCUT2D eigenvalue weighted by Crippen LogP contribution is -2.12. The highest BCUT2D eigenvalue weighted by Crippen LogP contribution is 2.32. The molecule has 0 bridgehead atoms. The maximum Gasteiger partial charge on any atom is 0.337 e. The van der Waals surface area contributed by atoms with E-state index in [0.717, 1.165) is 12.1 Å². The fraction of sp³-hybridized carbons (Fsp3) is 0.0714. The molecular weight excluding hydrogens is 254 g/mol. The fourth-order valence-electron chi connectivity index (χ4n) is 1.85. The summed E-state index contributed by atoms with van der Waals surface area (Å²) in [6.07, 6.45) is -1.91. The van der Waals surface area contributed by atoms with Gasteiger partial charge in [-0.1, -0.05) is 30.3 Å². The third kappa shape index (κ3) is 2.46. The lowest BCUT2D eigenvalue weighted by Gasteiger charge is -2.14. The second-order valence-corrected chi connectivity index (χ2v) is 3.92. The van der Waals surface area contributed by atoms with Gasteiger partial charge in [-0.25, -0.2) is 13.6 Å². The van der Waals surface area contributed by atoms with Crippen molar-refractivity contribution in [3.8, 4) is 11.1 Å². The predicted molar refractivity (Wildman–Crippen MR) is 64.4 cm³/mol. The number of carbonyl (C=O) groups is 1. The van der Waals surface area contributed by atoms with Gasteiger partial charge >= 0.3 is 5.97 Å². The molecule has 2 N–H and O–H groups in total. The Kier molecular flexibility index (Phi) is 3.57. The third-order valence-corrected chi connectivity index (χ3v) is 2.72. The zero-order chi connectivity index (χ0) is 14.0. The first-order valence-electron chi connectivity index (χ1n) is 5.46. The molecule has 5 heteroatoms. The maximum absolute atomic E-state index is 13.9. The van der Waals surface area contributed by atoms with Gasteiger partial charge in [-0.2, -0.15) is 0 Å². The summed E-state index contributed by atoms with van der Waals surface area (Å²) in [7, 11) is 0. The molecular formula is C14H10F2O3. The molecule has 0 saturated carbocycles. The number of aliphatic carboxylic acids is 1. The number of halogens is 2. The molecule has 0 aliphatic heterocycles. The lowest BCUT2D eigenvalue weighted by atomic mass is 9.95. The van der Waals surface area contributed by atoms with Gasteiger partial charge in [-0.3, -0.25) is 0 Å². The van der Waals surface area contributed by atoms with Crippen LogP contribution in [0.4, 0.5) is 8.78 Å². The summed E-state index contributed by atoms with van der Waals surface area (Å²) in [6, 6.07) is 9.00. The van der Waals surface area contributed by atoms with Gasteiger partial charge in [0.1, 0.15) is 11.6 Å². The summed E-state index contributed by atoms with van der Waals surface area (Å²) in [4.78, 5) is 10.8. The van der Waals surface area contributed by atoms with E-state index in [0.29, 0.717) is 0 Å². The Morgan fingerprint density at radius 3 is 2.26 bits per heavy atom. The number of carboxylic acid groups (broad SMARTS) is 1. The number of aliphatic hydroxyl groups is 1. The Bertz CT molecular complexity index is 626. The topological polar surface area (TPSA) is 57.5 Å². The predicted octanol–water partition coefficient (Wildman–Crippen LogP) is 2.75. The highest BCUT2D eigenvalue weighted by molar-refractivity contribution is 5.80. The minimum atomic E-state index is -1.91. The lowest BCUT2D eigenvalue weighted by molar-refractivity contribution is -0.146. The van der Waals surface area contributed by atoms with Crippen LogP contribution in [-0.4, -0.2) is 16.2 Å². The average Bonchev–Trinajstić information content (AvgIpc) is 2.38. The van der Waals surface area contributed by atoms with Crippen LogP contribution in [0.3, 0.4) is 0 Å². The number of aliphatic hydroxyl groups excluding tert-OH is 1. The Hall–Kier alpha value is -2.27. The normalized spacial score (nSPS) is 12.2. The molecule has 0 saturated heterocycles. The highest BCUT2D eigenvalue weighted by atomic mass is 19.1. The van der Waals surface area contributed by atoms with Gasteiger partial charge in [0.15, 0.2) is 6.10 Å². The van der Waals surface area contributed by atoms with Crippen LogP contribution in [-0.2, 0) is 4.79 Å². The Balaban J connectivity index is 2.69. The number of rotatable bonds is 3. The molecule has 2 rings (SSSR count). The number of benzene rings is 2. The van der Waals surface area contributed by atoms with Gasteiger partial charge in [0.2, 0.25) is 0 Å². The minimum Gasteiger partial charge on any atom is -0.479 e. The Morgan fingerprint density at radius 1 is 1.00 bits per heavy atom. The van der Waals surface area contributed by atoms with E-state index in [1.807, 2.05) is 0 Å². The van der Waals surface area contributed by atoms with Crippen molar-refractivity contribution in [2.75, 3.05) is 0 Å². The van der Waals surface area contributed by atoms with Gasteiger partial charge in [-0.15, -0.1) is 0 Å². The van der Waals surface area contributed by atoms with E-state index in [1.54, 1.807) is 0 Å². The number of hydrogen-bond acceptors (Lipinski definition) is 2. The van der Waals surface area contributed by atoms with E-state index in [2.05, 4.69) is 0 Å². The summed E-state index contributed by atoms with van der Waals surface area (Å²) in [5.41, 5.74) is -0.510. The molecule has 0 amide bonds. The van der Waals surface area contributed by atoms with E-state index in [4.69, 9.17) is 5.11 Å². The monoisotopic (exact) mass is 264 g/mol. The largest absolute Gasteiger partial charge is 0.479 e. The molecule has 0 spiro atoms. The van der Waals surface area contributed by atoms with Gasteiger partial charge in [0, 0.05) is 16.7 Å². The van der Waals surface area contributed by atoms with Crippen molar-refractivity contribution in [2.24, 2.45) is 0 Å². The molecule has 98 valence electrons. The smallest absolute Gasteiger partial charge is 0.337 e. The van der Waals surface area contributed by atoms with Crippen molar-refractivity contribution in [3.05, 3.63) is 59.7 Å². The SMILES string of the molecule is O=C(O)C(O)c1cccc(F)c1-c1ccccc1F. The molecule has 0 aromatic heterocycles. The van der Waals surface area contributed by atoms with Crippen molar-refractivity contribution >= 4 is 5.97 Å². The van der Waals surface area contributed by atoms with Crippen molar-refractivity contribution in [1.29, 1.82) is 0 Å². The molecule has 0 aliphatic carbocycles. The van der Waals surface area contributed by atoms with E-state index in [-0.39, 0.29) is 16.7 Å². The van der Waals surface area contributed by atoms with Gasteiger partial charge in [-0.05, 0) is 12.1 Å². The summed E-state index contributed by atoms with van der Waals surface area (Å²) in [5.74, 6) is -3.00. The van der Waals surface area contributed by atoms with E-state index < -0.39 is 23.7 Å². The molecule has 0 radical (unpaired) electrons. The molecule has 1 atom stereocenters. The van der Waals surface area contributed by atoms with Crippen molar-refractivity contribution < 1.29 is 23.8 Å². The summed E-state index contributed by atoms with van der Waals surface area (Å²) < 4.78 is 27.6. The fourth-order valence-corrected chi connectivity index (χ4v) is 1.85. The van der Waals surface area contributed by atoms with Crippen LogP contribution in [0, 0.1) is 11.6 Å². The van der Waals surface area contributed by atoms with E-state index >= 15 is 0 Å². The molecule has 2 aromatic carbocycles. The molecule has 3 nitrogen and oxygen atoms in total. The molecule has 1 unspecified atom stereocenters. The molecule has 0 fully saturated rings. The minimum absolute atomic E-state index is 0.0871. The average molecular weight is 264 g/mol. The van der Waals surface area contributed by atoms with Crippen LogP contribution in [0.2, 0.25) is 0 Å². The number of hydrogen-bond donors (Lipinski definition) is 2. The van der Waals surface area contributed by atoms with Crippen LogP contribution in [0.5, 0.6) is 0 Å². The zero-order valence-corrected chi connectivity index (χ0v) is 9.68. The third-order valence-electron chi connectivity index (χ3n) is 2.72. The first-order valence-corrected chi connectivity index (χ1v) is 5.46. The van der Waals surface area contributed by atoms with Crippen LogP contribution in [0.1, 0.15) is 11.7 Å². The maximum atomic E-state index is 13.9. The highest BCUT2D eigenvalue weighted by Gasteiger charge is 2.23. The van der Waals surface area contributed by atoms with Crippen molar-refractivity contribution in [3.63, 3.8) is 0 Å². The van der Waals surface area contributed by atoms with Crippen molar-refractivity contribution in [2.45, 2.75) is 6.10 Å². The molecule has 0 heterocycles. The van der Waals surface area contributed by atoms with E-state index in [1.165, 1.54) is 30.3 Å². The van der Waals surface area contributed by atoms with Crippen LogP contribution in [0.15, 0.2) is 42.5 Å². The second kappa shape index (κ2) is 5.16. The van der Waals surface area contributed by atoms with Gasteiger partial charge < -0.3 is 10.2 Å². The summed E-state index contributed by atoms with van der Waals surface area (Å²) in [6.45, 7) is 0. The Labute approximate surface area is 107 Å². The molecule has 2 aromatic rings. The molecule has 19 heavy (non-hydrogen) atoms. The van der Waals surface area contributed by atoms with Crippen LogP contribution < -0.4 is 0 Å². The van der Waals surface area contributed by atoms with Gasteiger partial charge in [0.05, 0.1) is 0 Å². The quantitative estimate of drug-likeness (QED) is 0.896. The van der Waals surface area contributed by atoms with Crippen LogP contribution >= 0.6 is 0 Å². The zero-order valence-electron chi connectivity index (χ0n) is 9.68. The number of carboxylic acids is 1. The Morgan fingerprint density at radius 2 is 1.63 bits per heavy atom. The first-order chi connectivity index (χ1) is 9.02. The molecule has 0 aliphatic rings. The van der Waals surface area contributed by atoms with E-state index in [9.17, 15) is 18.7 Å². The van der Waals surface area contributed by atoms with Crippen molar-refractivity contribution in [1.82, 2.24) is 0 Å². The first kappa shape index (κ1) is 13.2.